The zero-order chi connectivity index (χ0) is 20.8. The highest BCUT2D eigenvalue weighted by Gasteiger charge is 2.10. The topological polar surface area (TPSA) is 79.4 Å². The van der Waals surface area contributed by atoms with Crippen LogP contribution in [0.3, 0.4) is 0 Å². The van der Waals surface area contributed by atoms with Gasteiger partial charge in [0.05, 0.1) is 18.5 Å². The summed E-state index contributed by atoms with van der Waals surface area (Å²) in [5.41, 5.74) is 5.40. The molecule has 1 amide bonds. The van der Waals surface area contributed by atoms with Gasteiger partial charge in [0, 0.05) is 11.1 Å². The molecule has 0 aliphatic carbocycles. The van der Waals surface area contributed by atoms with Crippen LogP contribution in [-0.2, 0) is 0 Å². The van der Waals surface area contributed by atoms with Crippen LogP contribution in [0.15, 0.2) is 77.9 Å². The third-order valence-corrected chi connectivity index (χ3v) is 4.64. The molecule has 4 aromatic rings. The number of nitrogens with one attached hydrogen (secondary N) is 2. The molecule has 0 radical (unpaired) electrons. The number of hydrogen-bond acceptors (Lipinski definition) is 4. The van der Waals surface area contributed by atoms with E-state index in [1.165, 1.54) is 0 Å². The van der Waals surface area contributed by atoms with E-state index in [1.54, 1.807) is 12.3 Å². The number of nitrogens with zero attached hydrogens (tertiary/aromatic N) is 2. The number of amides is 1. The van der Waals surface area contributed by atoms with Gasteiger partial charge >= 0.3 is 0 Å². The third-order valence-electron chi connectivity index (χ3n) is 4.64. The molecule has 0 saturated heterocycles. The number of H-pyrrole nitrogens is 1. The first-order chi connectivity index (χ1) is 14.7. The average molecular weight is 398 g/mol. The van der Waals surface area contributed by atoms with Crippen molar-refractivity contribution in [1.82, 2.24) is 15.6 Å². The molecule has 6 nitrogen and oxygen atoms in total. The minimum Gasteiger partial charge on any atom is -0.494 e. The highest BCUT2D eigenvalue weighted by atomic mass is 16.5. The van der Waals surface area contributed by atoms with Gasteiger partial charge in [-0.15, -0.1) is 0 Å². The molecule has 0 aliphatic heterocycles. The first-order valence-corrected chi connectivity index (χ1v) is 9.84. The number of benzene rings is 3. The number of fused-ring (bicyclic) bond motifs is 1. The van der Waals surface area contributed by atoms with Gasteiger partial charge in [0.15, 0.2) is 0 Å². The van der Waals surface area contributed by atoms with Gasteiger partial charge in [-0.05, 0) is 47.5 Å². The lowest BCUT2D eigenvalue weighted by molar-refractivity contribution is 0.0950. The fourth-order valence-electron chi connectivity index (χ4n) is 3.11. The monoisotopic (exact) mass is 398 g/mol. The average Bonchev–Trinajstić information content (AvgIpc) is 3.28. The van der Waals surface area contributed by atoms with Gasteiger partial charge in [-0.25, -0.2) is 5.43 Å². The van der Waals surface area contributed by atoms with Gasteiger partial charge in [0.25, 0.3) is 5.91 Å². The molecule has 0 saturated carbocycles. The first-order valence-electron chi connectivity index (χ1n) is 9.84. The number of hydrogen-bond donors (Lipinski definition) is 2. The Balaban J connectivity index is 1.42. The van der Waals surface area contributed by atoms with Gasteiger partial charge < -0.3 is 4.74 Å². The van der Waals surface area contributed by atoms with Gasteiger partial charge in [0.1, 0.15) is 11.4 Å². The molecule has 0 unspecified atom stereocenters. The van der Waals surface area contributed by atoms with E-state index in [4.69, 9.17) is 4.74 Å². The second-order valence-corrected chi connectivity index (χ2v) is 6.81. The quantitative estimate of drug-likeness (QED) is 0.347. The summed E-state index contributed by atoms with van der Waals surface area (Å²) >= 11 is 0. The van der Waals surface area contributed by atoms with Gasteiger partial charge in [-0.2, -0.15) is 10.2 Å². The fraction of sp³-hybridized carbons (Fsp3) is 0.125. The lowest BCUT2D eigenvalue weighted by atomic mass is 10.1. The molecule has 150 valence electrons. The van der Waals surface area contributed by atoms with Crippen molar-refractivity contribution in [3.63, 3.8) is 0 Å². The smallest absolute Gasteiger partial charge is 0.289 e. The first kappa shape index (κ1) is 19.4. The molecule has 30 heavy (non-hydrogen) atoms. The molecule has 6 heteroatoms. The van der Waals surface area contributed by atoms with E-state index in [0.717, 1.165) is 34.1 Å². The Morgan fingerprint density at radius 2 is 1.90 bits per heavy atom. The molecule has 3 aromatic carbocycles. The van der Waals surface area contributed by atoms with E-state index in [9.17, 15) is 4.79 Å². The Bertz CT molecular complexity index is 1170. The molecule has 0 spiro atoms. The summed E-state index contributed by atoms with van der Waals surface area (Å²) in [6.07, 6.45) is 2.61. The number of carbonyl (C=O) groups is 1. The van der Waals surface area contributed by atoms with Gasteiger partial charge in [-0.3, -0.25) is 9.89 Å². The number of ether oxygens (including phenoxy) is 1. The van der Waals surface area contributed by atoms with Crippen molar-refractivity contribution >= 4 is 22.9 Å². The fourth-order valence-corrected chi connectivity index (χ4v) is 3.11. The van der Waals surface area contributed by atoms with Crippen molar-refractivity contribution < 1.29 is 9.53 Å². The molecular weight excluding hydrogens is 376 g/mol. The summed E-state index contributed by atoms with van der Waals surface area (Å²) in [5, 5.41) is 13.3. The molecule has 0 bridgehead atoms. The largest absolute Gasteiger partial charge is 0.494 e. The van der Waals surface area contributed by atoms with Crippen LogP contribution >= 0.6 is 0 Å². The maximum absolute atomic E-state index is 12.4. The molecular formula is C24H22N4O2. The minimum atomic E-state index is -0.354. The highest BCUT2D eigenvalue weighted by molar-refractivity contribution is 6.00. The number of carbonyl (C=O) groups excluding carboxylic acids is 1. The molecule has 0 aliphatic rings. The molecule has 0 fully saturated rings. The molecule has 4 rings (SSSR count). The van der Waals surface area contributed by atoms with Crippen molar-refractivity contribution in [1.29, 1.82) is 0 Å². The van der Waals surface area contributed by atoms with Gasteiger partial charge in [0.2, 0.25) is 0 Å². The summed E-state index contributed by atoms with van der Waals surface area (Å²) in [5.74, 6) is 0.463. The lowest BCUT2D eigenvalue weighted by Crippen LogP contribution is -2.18. The maximum atomic E-state index is 12.4. The Kier molecular flexibility index (Phi) is 5.85. The maximum Gasteiger partial charge on any atom is 0.289 e. The summed E-state index contributed by atoms with van der Waals surface area (Å²) < 4.78 is 5.59. The van der Waals surface area contributed by atoms with E-state index in [0.29, 0.717) is 18.0 Å². The molecule has 1 heterocycles. The van der Waals surface area contributed by atoms with Crippen molar-refractivity contribution in [3.05, 3.63) is 84.1 Å². The number of hydrazone groups is 1. The summed E-state index contributed by atoms with van der Waals surface area (Å²) in [7, 11) is 0. The Morgan fingerprint density at radius 3 is 2.73 bits per heavy atom. The van der Waals surface area contributed by atoms with Crippen molar-refractivity contribution in [2.75, 3.05) is 6.61 Å². The van der Waals surface area contributed by atoms with Crippen LogP contribution in [0, 0.1) is 0 Å². The van der Waals surface area contributed by atoms with E-state index < -0.39 is 0 Å². The summed E-state index contributed by atoms with van der Waals surface area (Å²) in [6.45, 7) is 2.75. The predicted octanol–water partition coefficient (Wildman–Crippen LogP) is 4.78. The van der Waals surface area contributed by atoms with E-state index in [-0.39, 0.29) is 5.91 Å². The Labute approximate surface area is 174 Å². The van der Waals surface area contributed by atoms with E-state index in [2.05, 4.69) is 27.6 Å². The summed E-state index contributed by atoms with van der Waals surface area (Å²) in [4.78, 5) is 12.4. The van der Waals surface area contributed by atoms with Crippen LogP contribution in [0.5, 0.6) is 5.75 Å². The zero-order valence-corrected chi connectivity index (χ0v) is 16.6. The third kappa shape index (κ3) is 4.38. The van der Waals surface area contributed by atoms with Gasteiger partial charge in [-0.1, -0.05) is 49.4 Å². The van der Waals surface area contributed by atoms with Crippen LogP contribution in [0.4, 0.5) is 0 Å². The van der Waals surface area contributed by atoms with Crippen LogP contribution in [0.1, 0.15) is 29.4 Å². The standard InChI is InChI=1S/C24H22N4O2/c1-2-14-30-20-12-10-18(11-13-20)22-15-23(27-26-22)24(29)28-25-16-19-8-5-7-17-6-3-4-9-21(17)19/h3-13,15-16H,2,14H2,1H3,(H,26,27)(H,28,29)/b25-16+. The second kappa shape index (κ2) is 9.05. The number of aromatic amines is 1. The number of aromatic nitrogens is 2. The Hall–Kier alpha value is -3.93. The van der Waals surface area contributed by atoms with E-state index >= 15 is 0 Å². The van der Waals surface area contributed by atoms with Crippen LogP contribution in [-0.4, -0.2) is 28.9 Å². The predicted molar refractivity (Wildman–Crippen MR) is 119 cm³/mol. The lowest BCUT2D eigenvalue weighted by Gasteiger charge is -2.04. The zero-order valence-electron chi connectivity index (χ0n) is 16.6. The van der Waals surface area contributed by atoms with Crippen molar-refractivity contribution in [2.24, 2.45) is 5.10 Å². The van der Waals surface area contributed by atoms with Crippen LogP contribution in [0.2, 0.25) is 0 Å². The normalized spacial score (nSPS) is 11.1. The van der Waals surface area contributed by atoms with Crippen molar-refractivity contribution in [2.45, 2.75) is 13.3 Å². The molecule has 1 aromatic heterocycles. The molecule has 2 N–H and O–H groups in total. The SMILES string of the molecule is CCCOc1ccc(-c2cc(C(=O)N/N=C/c3cccc4ccccc34)[nH]n2)cc1. The minimum absolute atomic E-state index is 0.339. The summed E-state index contributed by atoms with van der Waals surface area (Å²) in [6, 6.07) is 23.3. The van der Waals surface area contributed by atoms with Crippen LogP contribution in [0.25, 0.3) is 22.0 Å². The van der Waals surface area contributed by atoms with E-state index in [1.807, 2.05) is 66.7 Å². The highest BCUT2D eigenvalue weighted by Crippen LogP contribution is 2.21. The second-order valence-electron chi connectivity index (χ2n) is 6.81. The number of rotatable bonds is 7. The molecule has 0 atom stereocenters. The van der Waals surface area contributed by atoms with Crippen molar-refractivity contribution in [3.8, 4) is 17.0 Å². The van der Waals surface area contributed by atoms with Crippen LogP contribution < -0.4 is 10.2 Å². The Morgan fingerprint density at radius 1 is 1.10 bits per heavy atom.